The number of carbonyl (C=O) groups is 1. The average Bonchev–Trinajstić information content (AvgIpc) is 2.63. The summed E-state index contributed by atoms with van der Waals surface area (Å²) in [4.78, 5) is 18.9. The highest BCUT2D eigenvalue weighted by Crippen LogP contribution is 2.15. The van der Waals surface area contributed by atoms with Gasteiger partial charge in [-0.1, -0.05) is 13.8 Å². The van der Waals surface area contributed by atoms with Crippen LogP contribution in [0.3, 0.4) is 0 Å². The zero-order valence-corrected chi connectivity index (χ0v) is 12.2. The molecule has 1 N–H and O–H groups in total. The van der Waals surface area contributed by atoms with E-state index in [4.69, 9.17) is 9.57 Å². The normalized spacial score (nSPS) is 20.6. The molecule has 5 heteroatoms. The van der Waals surface area contributed by atoms with Gasteiger partial charge < -0.3 is 14.5 Å². The Kier molecular flexibility index (Phi) is 5.41. The van der Waals surface area contributed by atoms with Gasteiger partial charge in [-0.3, -0.25) is 0 Å². The molecule has 1 rings (SSSR count). The first-order chi connectivity index (χ1) is 8.28. The van der Waals surface area contributed by atoms with E-state index in [1.54, 1.807) is 4.90 Å². The van der Waals surface area contributed by atoms with Gasteiger partial charge in [0, 0.05) is 13.1 Å². The molecular formula is C13H26N2O3. The molecule has 18 heavy (non-hydrogen) atoms. The van der Waals surface area contributed by atoms with Crippen molar-refractivity contribution in [2.24, 2.45) is 5.92 Å². The van der Waals surface area contributed by atoms with Crippen LogP contribution >= 0.6 is 0 Å². The number of nitrogens with one attached hydrogen (secondary N) is 1. The van der Waals surface area contributed by atoms with Gasteiger partial charge in [0.1, 0.15) is 5.60 Å². The number of carbonyl (C=O) groups excluding carboxylic acids is 1. The van der Waals surface area contributed by atoms with Crippen LogP contribution in [-0.2, 0) is 9.57 Å². The van der Waals surface area contributed by atoms with E-state index in [9.17, 15) is 4.79 Å². The molecule has 0 aromatic heterocycles. The van der Waals surface area contributed by atoms with Crippen LogP contribution in [0.25, 0.3) is 0 Å². The van der Waals surface area contributed by atoms with Crippen molar-refractivity contribution in [2.75, 3.05) is 19.7 Å². The molecule has 1 atom stereocenters. The molecule has 0 spiro atoms. The first-order valence-corrected chi connectivity index (χ1v) is 6.63. The Hall–Kier alpha value is -0.810. The van der Waals surface area contributed by atoms with Crippen molar-refractivity contribution < 1.29 is 14.4 Å². The maximum Gasteiger partial charge on any atom is 0.410 e. The molecule has 1 aliphatic rings. The van der Waals surface area contributed by atoms with Crippen LogP contribution in [-0.4, -0.2) is 42.3 Å². The zero-order chi connectivity index (χ0) is 13.8. The Morgan fingerprint density at radius 1 is 1.44 bits per heavy atom. The Morgan fingerprint density at radius 2 is 2.11 bits per heavy atom. The number of hydrogen-bond acceptors (Lipinski definition) is 4. The number of ether oxygens (including phenoxy) is 1. The lowest BCUT2D eigenvalue weighted by molar-refractivity contribution is 0.000241. The molecule has 0 saturated carbocycles. The molecule has 1 saturated heterocycles. The molecule has 1 heterocycles. The number of hydroxylamine groups is 1. The van der Waals surface area contributed by atoms with Crippen LogP contribution < -0.4 is 5.48 Å². The fourth-order valence-corrected chi connectivity index (χ4v) is 1.68. The lowest BCUT2D eigenvalue weighted by Crippen LogP contribution is -2.38. The smallest absolute Gasteiger partial charge is 0.410 e. The summed E-state index contributed by atoms with van der Waals surface area (Å²) in [5.74, 6) is 0.501. The van der Waals surface area contributed by atoms with Crippen LogP contribution in [0.4, 0.5) is 4.79 Å². The van der Waals surface area contributed by atoms with Crippen LogP contribution in [0.5, 0.6) is 0 Å². The minimum atomic E-state index is -0.434. The van der Waals surface area contributed by atoms with Gasteiger partial charge in [-0.15, -0.1) is 0 Å². The third-order valence-corrected chi connectivity index (χ3v) is 2.51. The van der Waals surface area contributed by atoms with Gasteiger partial charge in [0.15, 0.2) is 0 Å². The number of hydrogen-bond donors (Lipinski definition) is 1. The third-order valence-electron chi connectivity index (χ3n) is 2.51. The lowest BCUT2D eigenvalue weighted by atomic mass is 10.2. The van der Waals surface area contributed by atoms with E-state index in [2.05, 4.69) is 19.3 Å². The number of rotatable bonds is 4. The molecule has 0 bridgehead atoms. The predicted molar refractivity (Wildman–Crippen MR) is 70.1 cm³/mol. The Balaban J connectivity index is 2.26. The second-order valence-electron chi connectivity index (χ2n) is 6.23. The van der Waals surface area contributed by atoms with E-state index in [0.29, 0.717) is 19.1 Å². The van der Waals surface area contributed by atoms with E-state index in [0.717, 1.165) is 13.0 Å². The van der Waals surface area contributed by atoms with Crippen molar-refractivity contribution in [3.8, 4) is 0 Å². The Labute approximate surface area is 110 Å². The highest BCUT2D eigenvalue weighted by atomic mass is 16.6. The third kappa shape index (κ3) is 5.69. The minimum Gasteiger partial charge on any atom is -0.444 e. The van der Waals surface area contributed by atoms with Crippen molar-refractivity contribution in [1.82, 2.24) is 10.4 Å². The fourth-order valence-electron chi connectivity index (χ4n) is 1.68. The highest BCUT2D eigenvalue weighted by Gasteiger charge is 2.29. The molecule has 0 aromatic rings. The summed E-state index contributed by atoms with van der Waals surface area (Å²) in [5, 5.41) is 0. The molecule has 106 valence electrons. The maximum absolute atomic E-state index is 11.8. The summed E-state index contributed by atoms with van der Waals surface area (Å²) in [7, 11) is 0. The fraction of sp³-hybridized carbons (Fsp3) is 0.923. The second-order valence-corrected chi connectivity index (χ2v) is 6.23. The van der Waals surface area contributed by atoms with Crippen LogP contribution in [0.1, 0.15) is 41.0 Å². The topological polar surface area (TPSA) is 50.8 Å². The molecule has 1 amide bonds. The summed E-state index contributed by atoms with van der Waals surface area (Å²) in [5.41, 5.74) is 2.58. The monoisotopic (exact) mass is 258 g/mol. The predicted octanol–water partition coefficient (Wildman–Crippen LogP) is 2.17. The van der Waals surface area contributed by atoms with Gasteiger partial charge in [0.2, 0.25) is 0 Å². The summed E-state index contributed by atoms with van der Waals surface area (Å²) < 4.78 is 5.33. The van der Waals surface area contributed by atoms with Gasteiger partial charge in [0.05, 0.1) is 12.6 Å². The minimum absolute atomic E-state index is 0.205. The van der Waals surface area contributed by atoms with Crippen LogP contribution in [0.2, 0.25) is 0 Å². The quantitative estimate of drug-likeness (QED) is 0.785. The van der Waals surface area contributed by atoms with E-state index in [1.807, 2.05) is 20.8 Å². The van der Waals surface area contributed by atoms with Crippen LogP contribution in [0, 0.1) is 5.92 Å². The van der Waals surface area contributed by atoms with Crippen molar-refractivity contribution in [3.63, 3.8) is 0 Å². The second kappa shape index (κ2) is 6.38. The van der Waals surface area contributed by atoms with Gasteiger partial charge >= 0.3 is 6.09 Å². The summed E-state index contributed by atoms with van der Waals surface area (Å²) >= 11 is 0. The molecule has 1 aliphatic heterocycles. The SMILES string of the molecule is CC(C)CONC1CCN(C(=O)OC(C)(C)C)C1. The summed E-state index contributed by atoms with van der Waals surface area (Å²) in [6.07, 6.45) is 0.660. The highest BCUT2D eigenvalue weighted by molar-refractivity contribution is 5.68. The number of likely N-dealkylation sites (tertiary alicyclic amines) is 1. The zero-order valence-electron chi connectivity index (χ0n) is 12.2. The Morgan fingerprint density at radius 3 is 2.67 bits per heavy atom. The van der Waals surface area contributed by atoms with Crippen LogP contribution in [0.15, 0.2) is 0 Å². The molecular weight excluding hydrogens is 232 g/mol. The standard InChI is InChI=1S/C13H26N2O3/c1-10(2)9-17-14-11-6-7-15(8-11)12(16)18-13(3,4)5/h10-11,14H,6-9H2,1-5H3. The lowest BCUT2D eigenvalue weighted by Gasteiger charge is -2.24. The molecule has 1 unspecified atom stereocenters. The van der Waals surface area contributed by atoms with E-state index in [-0.39, 0.29) is 12.1 Å². The van der Waals surface area contributed by atoms with Crippen molar-refractivity contribution >= 4 is 6.09 Å². The molecule has 5 nitrogen and oxygen atoms in total. The molecule has 0 radical (unpaired) electrons. The van der Waals surface area contributed by atoms with Gasteiger partial charge in [-0.25, -0.2) is 4.79 Å². The van der Waals surface area contributed by atoms with Crippen molar-refractivity contribution in [1.29, 1.82) is 0 Å². The maximum atomic E-state index is 11.8. The first kappa shape index (κ1) is 15.2. The molecule has 0 aromatic carbocycles. The summed E-state index contributed by atoms with van der Waals surface area (Å²) in [6, 6.07) is 0.205. The van der Waals surface area contributed by atoms with Gasteiger partial charge in [0.25, 0.3) is 0 Å². The van der Waals surface area contributed by atoms with E-state index < -0.39 is 5.60 Å². The number of amides is 1. The number of nitrogens with zero attached hydrogens (tertiary/aromatic N) is 1. The molecule has 0 aliphatic carbocycles. The van der Waals surface area contributed by atoms with Gasteiger partial charge in [-0.2, -0.15) is 5.48 Å². The average molecular weight is 258 g/mol. The van der Waals surface area contributed by atoms with E-state index >= 15 is 0 Å². The largest absolute Gasteiger partial charge is 0.444 e. The van der Waals surface area contributed by atoms with Gasteiger partial charge in [-0.05, 0) is 33.1 Å². The van der Waals surface area contributed by atoms with E-state index in [1.165, 1.54) is 0 Å². The van der Waals surface area contributed by atoms with Crippen molar-refractivity contribution in [2.45, 2.75) is 52.7 Å². The summed E-state index contributed by atoms with van der Waals surface area (Å²) in [6.45, 7) is 11.9. The van der Waals surface area contributed by atoms with Crippen molar-refractivity contribution in [3.05, 3.63) is 0 Å². The molecule has 1 fully saturated rings. The Bertz CT molecular complexity index is 274. The first-order valence-electron chi connectivity index (χ1n) is 6.63.